The van der Waals surface area contributed by atoms with Crippen molar-refractivity contribution < 1.29 is 0 Å². The van der Waals surface area contributed by atoms with Crippen LogP contribution in [-0.4, -0.2) is 15.7 Å². The van der Waals surface area contributed by atoms with Gasteiger partial charge in [-0.25, -0.2) is 0 Å². The Labute approximate surface area is 64.5 Å². The van der Waals surface area contributed by atoms with Gasteiger partial charge in [-0.1, -0.05) is 34.2 Å². The first kappa shape index (κ1) is 7.46. The summed E-state index contributed by atoms with van der Waals surface area (Å²) in [4.78, 5) is 0. The van der Waals surface area contributed by atoms with Gasteiger partial charge in [-0.15, -0.1) is 0 Å². The zero-order chi connectivity index (χ0) is 7.72. The van der Waals surface area contributed by atoms with E-state index in [0.29, 0.717) is 0 Å². The van der Waals surface area contributed by atoms with E-state index in [2.05, 4.69) is 41.7 Å². The van der Waals surface area contributed by atoms with Crippen LogP contribution < -0.4 is 10.9 Å². The third-order valence-electron chi connectivity index (χ3n) is 2.33. The van der Waals surface area contributed by atoms with Crippen molar-refractivity contribution in [2.24, 2.45) is 0 Å². The zero-order valence-electron chi connectivity index (χ0n) is 7.15. The van der Waals surface area contributed by atoms with Crippen LogP contribution in [0.5, 0.6) is 0 Å². The molecule has 0 atom stereocenters. The number of hydrogen-bond acceptors (Lipinski definition) is 0. The normalized spacial score (nSPS) is 9.80. The maximum Gasteiger partial charge on any atom is 0.138 e. The molecule has 1 aromatic carbocycles. The molecule has 0 unspecified atom stereocenters. The molecule has 0 spiro atoms. The summed E-state index contributed by atoms with van der Waals surface area (Å²) < 4.78 is 0. The molecule has 0 aliphatic carbocycles. The smallest absolute Gasteiger partial charge is 0.0920 e. The highest BCUT2D eigenvalue weighted by Gasteiger charge is 1.97. The van der Waals surface area contributed by atoms with Gasteiger partial charge in [0.15, 0.2) is 0 Å². The van der Waals surface area contributed by atoms with E-state index >= 15 is 0 Å². The minimum atomic E-state index is 1.39. The average molecular weight is 130 g/mol. The van der Waals surface area contributed by atoms with E-state index in [1.54, 1.807) is 0 Å². The lowest BCUT2D eigenvalue weighted by Crippen LogP contribution is -2.30. The van der Waals surface area contributed by atoms with Gasteiger partial charge < -0.3 is 0 Å². The maximum absolute atomic E-state index is 2.18. The van der Waals surface area contributed by atoms with Crippen LogP contribution in [0.3, 0.4) is 0 Å². The first-order valence-corrected chi connectivity index (χ1v) is 3.66. The van der Waals surface area contributed by atoms with E-state index in [4.69, 9.17) is 0 Å². The Bertz CT molecular complexity index is 227. The first-order chi connectivity index (χ1) is 4.63. The van der Waals surface area contributed by atoms with Crippen LogP contribution in [0.1, 0.15) is 11.1 Å². The molecule has 0 N–H and O–H groups in total. The zero-order valence-corrected chi connectivity index (χ0v) is 7.15. The molecule has 0 bridgehead atoms. The van der Waals surface area contributed by atoms with Crippen LogP contribution in [0.4, 0.5) is 0 Å². The van der Waals surface area contributed by atoms with Gasteiger partial charge in [0.05, 0.1) is 0 Å². The Morgan fingerprint density at radius 1 is 0.900 bits per heavy atom. The lowest BCUT2D eigenvalue weighted by molar-refractivity contribution is 1.46. The summed E-state index contributed by atoms with van der Waals surface area (Å²) in [6.45, 7) is 4.31. The number of rotatable bonds is 0. The van der Waals surface area contributed by atoms with Crippen LogP contribution in [0.15, 0.2) is 12.1 Å². The Morgan fingerprint density at radius 2 is 1.20 bits per heavy atom. The van der Waals surface area contributed by atoms with Gasteiger partial charge in [-0.2, -0.15) is 0 Å². The highest BCUT2D eigenvalue weighted by molar-refractivity contribution is 6.49. The van der Waals surface area contributed by atoms with E-state index in [1.807, 2.05) is 0 Å². The molecule has 1 aromatic rings. The summed E-state index contributed by atoms with van der Waals surface area (Å²) in [5.41, 5.74) is 5.64. The fraction of sp³-hybridized carbons (Fsp3) is 0.250. The lowest BCUT2D eigenvalue weighted by atomic mass is 9.76. The molecular formula is C8H12B2. The molecule has 0 fully saturated rings. The second-order valence-corrected chi connectivity index (χ2v) is 2.95. The van der Waals surface area contributed by atoms with E-state index < -0.39 is 0 Å². The van der Waals surface area contributed by atoms with Crippen LogP contribution >= 0.6 is 0 Å². The highest BCUT2D eigenvalue weighted by Crippen LogP contribution is 1.93. The monoisotopic (exact) mass is 130 g/mol. The third kappa shape index (κ3) is 1.11. The first-order valence-electron chi connectivity index (χ1n) is 3.66. The molecule has 1 rings (SSSR count). The molecule has 0 aliphatic heterocycles. The lowest BCUT2D eigenvalue weighted by Gasteiger charge is -2.06. The fourth-order valence-electron chi connectivity index (χ4n) is 1.09. The number of benzene rings is 1. The fourth-order valence-corrected chi connectivity index (χ4v) is 1.09. The Hall–Kier alpha value is -0.650. The summed E-state index contributed by atoms with van der Waals surface area (Å²) in [6.07, 6.45) is 0. The summed E-state index contributed by atoms with van der Waals surface area (Å²) in [5, 5.41) is 0. The van der Waals surface area contributed by atoms with Crippen molar-refractivity contribution in [1.29, 1.82) is 0 Å². The predicted molar refractivity (Wildman–Crippen MR) is 52.3 cm³/mol. The van der Waals surface area contributed by atoms with Crippen LogP contribution in [-0.2, 0) is 0 Å². The summed E-state index contributed by atoms with van der Waals surface area (Å²) in [6, 6.07) is 4.36. The van der Waals surface area contributed by atoms with Crippen molar-refractivity contribution in [2.45, 2.75) is 13.8 Å². The third-order valence-corrected chi connectivity index (χ3v) is 2.33. The van der Waals surface area contributed by atoms with Gasteiger partial charge in [-0.3, -0.25) is 0 Å². The largest absolute Gasteiger partial charge is 0.138 e. The summed E-state index contributed by atoms with van der Waals surface area (Å²) in [5.74, 6) is 0. The Morgan fingerprint density at radius 3 is 1.50 bits per heavy atom. The van der Waals surface area contributed by atoms with E-state index in [0.717, 1.165) is 0 Å². The topological polar surface area (TPSA) is 0 Å². The van der Waals surface area contributed by atoms with Crippen molar-refractivity contribution in [3.63, 3.8) is 0 Å². The molecule has 0 aromatic heterocycles. The highest BCUT2D eigenvalue weighted by atomic mass is 14.0. The molecule has 10 heavy (non-hydrogen) atoms. The molecule has 0 saturated carbocycles. The van der Waals surface area contributed by atoms with Gasteiger partial charge >= 0.3 is 0 Å². The second kappa shape index (κ2) is 2.53. The quantitative estimate of drug-likeness (QED) is 0.387. The van der Waals surface area contributed by atoms with Gasteiger partial charge in [0.1, 0.15) is 15.7 Å². The minimum absolute atomic E-state index is 1.39. The van der Waals surface area contributed by atoms with E-state index in [9.17, 15) is 0 Å². The Kier molecular flexibility index (Phi) is 1.89. The Balaban J connectivity index is 3.34. The summed E-state index contributed by atoms with van der Waals surface area (Å²) in [7, 11) is 4.36. The van der Waals surface area contributed by atoms with E-state index in [-0.39, 0.29) is 0 Å². The molecule has 2 heteroatoms. The predicted octanol–water partition coefficient (Wildman–Crippen LogP) is -1.18. The van der Waals surface area contributed by atoms with Crippen molar-refractivity contribution in [1.82, 2.24) is 0 Å². The molecule has 0 radical (unpaired) electrons. The number of hydrogen-bond donors (Lipinski definition) is 0. The van der Waals surface area contributed by atoms with Crippen molar-refractivity contribution in [2.75, 3.05) is 0 Å². The SMILES string of the molecule is Bc1c(C)ccc(C)c1B. The number of aryl methyl sites for hydroxylation is 2. The maximum atomic E-state index is 2.18. The molecule has 0 aliphatic rings. The van der Waals surface area contributed by atoms with Crippen molar-refractivity contribution >= 4 is 26.6 Å². The molecule has 0 amide bonds. The standard InChI is InChI=1S/C8H12B2/c1-5-3-4-6(2)8(10)7(5)9/h3-4H,9-10H2,1-2H3. The summed E-state index contributed by atoms with van der Waals surface area (Å²) >= 11 is 0. The van der Waals surface area contributed by atoms with Crippen LogP contribution in [0.25, 0.3) is 0 Å². The van der Waals surface area contributed by atoms with E-state index in [1.165, 1.54) is 22.1 Å². The van der Waals surface area contributed by atoms with Crippen molar-refractivity contribution in [3.8, 4) is 0 Å². The van der Waals surface area contributed by atoms with Gasteiger partial charge in [-0.05, 0) is 13.8 Å². The molecule has 50 valence electrons. The van der Waals surface area contributed by atoms with Crippen LogP contribution in [0.2, 0.25) is 0 Å². The molecule has 0 heterocycles. The molecule has 0 saturated heterocycles. The van der Waals surface area contributed by atoms with Gasteiger partial charge in [0.25, 0.3) is 0 Å². The second-order valence-electron chi connectivity index (χ2n) is 2.95. The average Bonchev–Trinajstić information content (AvgIpc) is 1.93. The van der Waals surface area contributed by atoms with Crippen molar-refractivity contribution in [3.05, 3.63) is 23.3 Å². The minimum Gasteiger partial charge on any atom is -0.0920 e. The molecule has 0 nitrogen and oxygen atoms in total. The molecular weight excluding hydrogens is 118 g/mol. The van der Waals surface area contributed by atoms with Gasteiger partial charge in [0, 0.05) is 0 Å². The van der Waals surface area contributed by atoms with Crippen LogP contribution in [0, 0.1) is 13.8 Å². The van der Waals surface area contributed by atoms with Gasteiger partial charge in [0.2, 0.25) is 0 Å².